The van der Waals surface area contributed by atoms with E-state index in [-0.39, 0.29) is 11.8 Å². The maximum atomic E-state index is 12.2. The van der Waals surface area contributed by atoms with Crippen molar-refractivity contribution < 1.29 is 9.90 Å². The molecule has 2 N–H and O–H groups in total. The van der Waals surface area contributed by atoms with Gasteiger partial charge in [-0.25, -0.2) is 14.8 Å². The van der Waals surface area contributed by atoms with Gasteiger partial charge in [0, 0.05) is 50.3 Å². The van der Waals surface area contributed by atoms with Gasteiger partial charge >= 0.3 is 6.03 Å². The van der Waals surface area contributed by atoms with Crippen molar-refractivity contribution in [2.75, 3.05) is 31.1 Å². The Labute approximate surface area is 134 Å². The molecule has 0 unspecified atom stereocenters. The highest BCUT2D eigenvalue weighted by molar-refractivity contribution is 5.74. The third-order valence-electron chi connectivity index (χ3n) is 3.78. The number of nitrogens with one attached hydrogen (secondary N) is 1. The molecule has 2 heterocycles. The molecule has 7 nitrogen and oxygen atoms in total. The molecule has 0 aliphatic carbocycles. The molecule has 1 aliphatic heterocycles. The monoisotopic (exact) mass is 313 g/mol. The SMILES string of the molecule is O=C(NCc1ncccn1)N1CCN(c2cccc(O)c2)CC1. The minimum atomic E-state index is -0.104. The summed E-state index contributed by atoms with van der Waals surface area (Å²) >= 11 is 0. The minimum absolute atomic E-state index is 0.104. The largest absolute Gasteiger partial charge is 0.508 e. The van der Waals surface area contributed by atoms with Crippen molar-refractivity contribution in [1.29, 1.82) is 0 Å². The van der Waals surface area contributed by atoms with Gasteiger partial charge < -0.3 is 20.2 Å². The van der Waals surface area contributed by atoms with Crippen molar-refractivity contribution in [3.8, 4) is 5.75 Å². The van der Waals surface area contributed by atoms with Crippen molar-refractivity contribution in [1.82, 2.24) is 20.2 Å². The van der Waals surface area contributed by atoms with Crippen LogP contribution in [0.2, 0.25) is 0 Å². The first kappa shape index (κ1) is 15.1. The minimum Gasteiger partial charge on any atom is -0.508 e. The van der Waals surface area contributed by atoms with E-state index >= 15 is 0 Å². The smallest absolute Gasteiger partial charge is 0.317 e. The Hall–Kier alpha value is -2.83. The van der Waals surface area contributed by atoms with Crippen molar-refractivity contribution >= 4 is 11.7 Å². The topological polar surface area (TPSA) is 81.6 Å². The lowest BCUT2D eigenvalue weighted by molar-refractivity contribution is 0.193. The Balaban J connectivity index is 1.49. The molecule has 23 heavy (non-hydrogen) atoms. The van der Waals surface area contributed by atoms with Gasteiger partial charge in [0.15, 0.2) is 0 Å². The maximum absolute atomic E-state index is 12.2. The van der Waals surface area contributed by atoms with Gasteiger partial charge in [-0.2, -0.15) is 0 Å². The second-order valence-corrected chi connectivity index (χ2v) is 5.32. The fourth-order valence-electron chi connectivity index (χ4n) is 2.55. The Morgan fingerprint density at radius 1 is 1.13 bits per heavy atom. The summed E-state index contributed by atoms with van der Waals surface area (Å²) in [6, 6.07) is 8.81. The van der Waals surface area contributed by atoms with Crippen molar-refractivity contribution in [3.63, 3.8) is 0 Å². The molecule has 2 amide bonds. The van der Waals surface area contributed by atoms with Crippen LogP contribution < -0.4 is 10.2 Å². The molecule has 0 bridgehead atoms. The Bertz CT molecular complexity index is 657. The Morgan fingerprint density at radius 3 is 2.57 bits per heavy atom. The lowest BCUT2D eigenvalue weighted by Crippen LogP contribution is -2.51. The van der Waals surface area contributed by atoms with E-state index < -0.39 is 0 Å². The molecule has 0 atom stereocenters. The van der Waals surface area contributed by atoms with E-state index in [1.165, 1.54) is 0 Å². The predicted molar refractivity (Wildman–Crippen MR) is 86.2 cm³/mol. The van der Waals surface area contributed by atoms with Crippen LogP contribution in [0.25, 0.3) is 0 Å². The molecule has 2 aromatic rings. The van der Waals surface area contributed by atoms with Crippen LogP contribution in [0.3, 0.4) is 0 Å². The molecule has 7 heteroatoms. The van der Waals surface area contributed by atoms with Crippen molar-refractivity contribution in [3.05, 3.63) is 48.5 Å². The molecule has 1 aromatic carbocycles. The normalized spacial score (nSPS) is 14.6. The van der Waals surface area contributed by atoms with Gasteiger partial charge in [-0.1, -0.05) is 6.07 Å². The summed E-state index contributed by atoms with van der Waals surface area (Å²) < 4.78 is 0. The highest BCUT2D eigenvalue weighted by Gasteiger charge is 2.21. The number of hydrogen-bond donors (Lipinski definition) is 2. The first-order valence-corrected chi connectivity index (χ1v) is 7.55. The van der Waals surface area contributed by atoms with Gasteiger partial charge in [0.25, 0.3) is 0 Å². The average Bonchev–Trinajstić information content (AvgIpc) is 2.61. The third-order valence-corrected chi connectivity index (χ3v) is 3.78. The Kier molecular flexibility index (Phi) is 4.56. The number of hydrogen-bond acceptors (Lipinski definition) is 5. The summed E-state index contributed by atoms with van der Waals surface area (Å²) in [5.74, 6) is 0.852. The van der Waals surface area contributed by atoms with Crippen LogP contribution in [0.15, 0.2) is 42.7 Å². The molecule has 0 spiro atoms. The predicted octanol–water partition coefficient (Wildman–Crippen LogP) is 1.21. The summed E-state index contributed by atoms with van der Waals surface area (Å²) in [6.07, 6.45) is 3.31. The number of anilines is 1. The highest BCUT2D eigenvalue weighted by atomic mass is 16.3. The second kappa shape index (κ2) is 6.95. The number of phenols is 1. The maximum Gasteiger partial charge on any atom is 0.317 e. The number of urea groups is 1. The van der Waals surface area contributed by atoms with E-state index in [2.05, 4.69) is 20.2 Å². The van der Waals surface area contributed by atoms with E-state index in [1.807, 2.05) is 12.1 Å². The van der Waals surface area contributed by atoms with Crippen LogP contribution in [0, 0.1) is 0 Å². The van der Waals surface area contributed by atoms with Crippen LogP contribution in [0.4, 0.5) is 10.5 Å². The lowest BCUT2D eigenvalue weighted by Gasteiger charge is -2.36. The molecule has 1 fully saturated rings. The van der Waals surface area contributed by atoms with Crippen molar-refractivity contribution in [2.45, 2.75) is 6.54 Å². The van der Waals surface area contributed by atoms with E-state index in [0.29, 0.717) is 25.5 Å². The zero-order valence-electron chi connectivity index (χ0n) is 12.7. The first-order valence-electron chi connectivity index (χ1n) is 7.55. The highest BCUT2D eigenvalue weighted by Crippen LogP contribution is 2.21. The number of carbonyl (C=O) groups is 1. The van der Waals surface area contributed by atoms with E-state index in [1.54, 1.807) is 35.5 Å². The van der Waals surface area contributed by atoms with Crippen LogP contribution in [0.5, 0.6) is 5.75 Å². The molecule has 120 valence electrons. The van der Waals surface area contributed by atoms with Crippen LogP contribution in [-0.2, 0) is 6.54 Å². The summed E-state index contributed by atoms with van der Waals surface area (Å²) in [4.78, 5) is 24.3. The van der Waals surface area contributed by atoms with Crippen molar-refractivity contribution in [2.24, 2.45) is 0 Å². The zero-order chi connectivity index (χ0) is 16.1. The number of phenolic OH excluding ortho intramolecular Hbond substituents is 1. The standard InChI is InChI=1S/C16H19N5O2/c22-14-4-1-3-13(11-14)20-7-9-21(10-8-20)16(23)19-12-15-17-5-2-6-18-15/h1-6,11,22H,7-10,12H2,(H,19,23). The van der Waals surface area contributed by atoms with Gasteiger partial charge in [0.2, 0.25) is 0 Å². The molecule has 0 saturated carbocycles. The molecule has 3 rings (SSSR count). The number of aromatic hydroxyl groups is 1. The molecule has 1 aromatic heterocycles. The van der Waals surface area contributed by atoms with Gasteiger partial charge in [0.1, 0.15) is 11.6 Å². The molecule has 0 radical (unpaired) electrons. The molecule has 1 saturated heterocycles. The van der Waals surface area contributed by atoms with Crippen LogP contribution >= 0.6 is 0 Å². The molecular formula is C16H19N5O2. The fourth-order valence-corrected chi connectivity index (χ4v) is 2.55. The van der Waals surface area contributed by atoms with Gasteiger partial charge in [-0.3, -0.25) is 0 Å². The molecule has 1 aliphatic rings. The first-order chi connectivity index (χ1) is 11.2. The van der Waals surface area contributed by atoms with Gasteiger partial charge in [-0.15, -0.1) is 0 Å². The van der Waals surface area contributed by atoms with E-state index in [0.717, 1.165) is 18.8 Å². The third kappa shape index (κ3) is 3.88. The summed E-state index contributed by atoms with van der Waals surface area (Å²) in [5.41, 5.74) is 0.975. The van der Waals surface area contributed by atoms with Crippen LogP contribution in [0.1, 0.15) is 5.82 Å². The zero-order valence-corrected chi connectivity index (χ0v) is 12.7. The summed E-state index contributed by atoms with van der Waals surface area (Å²) in [5, 5.41) is 12.4. The molecular weight excluding hydrogens is 294 g/mol. The quantitative estimate of drug-likeness (QED) is 0.890. The van der Waals surface area contributed by atoms with E-state index in [9.17, 15) is 9.90 Å². The Morgan fingerprint density at radius 2 is 1.87 bits per heavy atom. The van der Waals surface area contributed by atoms with Gasteiger partial charge in [-0.05, 0) is 18.2 Å². The average molecular weight is 313 g/mol. The van der Waals surface area contributed by atoms with Gasteiger partial charge in [0.05, 0.1) is 6.54 Å². The fraction of sp³-hybridized carbons (Fsp3) is 0.312. The number of nitrogens with zero attached hydrogens (tertiary/aromatic N) is 4. The number of carbonyl (C=O) groups excluding carboxylic acids is 1. The number of benzene rings is 1. The number of rotatable bonds is 3. The second-order valence-electron chi connectivity index (χ2n) is 5.32. The summed E-state index contributed by atoms with van der Waals surface area (Å²) in [6.45, 7) is 3.07. The number of piperazine rings is 1. The van der Waals surface area contributed by atoms with Crippen LogP contribution in [-0.4, -0.2) is 52.2 Å². The van der Waals surface area contributed by atoms with E-state index in [4.69, 9.17) is 0 Å². The lowest BCUT2D eigenvalue weighted by atomic mass is 10.2. The number of aromatic nitrogens is 2. The number of amides is 2. The summed E-state index contributed by atoms with van der Waals surface area (Å²) in [7, 11) is 0.